The predicted molar refractivity (Wildman–Crippen MR) is 82.2 cm³/mol. The van der Waals surface area contributed by atoms with Gasteiger partial charge < -0.3 is 5.32 Å². The second kappa shape index (κ2) is 7.14. The van der Waals surface area contributed by atoms with Gasteiger partial charge in [-0.25, -0.2) is 0 Å². The Morgan fingerprint density at radius 1 is 1.14 bits per heavy atom. The van der Waals surface area contributed by atoms with Crippen molar-refractivity contribution in [3.05, 3.63) is 34.3 Å². The Balaban J connectivity index is 1.76. The maximum atomic E-state index is 12.6. The normalized spacial score (nSPS) is 24.8. The Morgan fingerprint density at radius 2 is 1.71 bits per heavy atom. The molecule has 1 N–H and O–H groups in total. The summed E-state index contributed by atoms with van der Waals surface area (Å²) in [6, 6.07) is 8.66. The van der Waals surface area contributed by atoms with Crippen molar-refractivity contribution >= 4 is 15.9 Å². The second-order valence-corrected chi connectivity index (χ2v) is 6.90. The third-order valence-corrected chi connectivity index (χ3v) is 4.69. The van der Waals surface area contributed by atoms with Gasteiger partial charge in [-0.15, -0.1) is 0 Å². The molecule has 118 valence electrons. The molecule has 21 heavy (non-hydrogen) atoms. The fourth-order valence-corrected chi connectivity index (χ4v) is 3.29. The van der Waals surface area contributed by atoms with Crippen molar-refractivity contribution in [2.24, 2.45) is 5.92 Å². The minimum absolute atomic E-state index is 0.217. The lowest BCUT2D eigenvalue weighted by Gasteiger charge is -2.32. The van der Waals surface area contributed by atoms with E-state index in [9.17, 15) is 13.2 Å². The zero-order chi connectivity index (χ0) is 15.5. The number of halogens is 4. The van der Waals surface area contributed by atoms with E-state index in [0.717, 1.165) is 10.9 Å². The van der Waals surface area contributed by atoms with Gasteiger partial charge in [0.25, 0.3) is 0 Å². The van der Waals surface area contributed by atoms with Crippen LogP contribution in [-0.2, 0) is 6.42 Å². The highest BCUT2D eigenvalue weighted by Gasteiger charge is 2.41. The van der Waals surface area contributed by atoms with Gasteiger partial charge in [0, 0.05) is 16.6 Å². The summed E-state index contributed by atoms with van der Waals surface area (Å²) in [4.78, 5) is 0. The first-order valence-corrected chi connectivity index (χ1v) is 8.21. The molecule has 0 aromatic heterocycles. The maximum absolute atomic E-state index is 12.6. The summed E-state index contributed by atoms with van der Waals surface area (Å²) in [5.41, 5.74) is 1.24. The fraction of sp³-hybridized carbons (Fsp3) is 0.625. The van der Waals surface area contributed by atoms with E-state index in [0.29, 0.717) is 12.8 Å². The van der Waals surface area contributed by atoms with Crippen LogP contribution < -0.4 is 5.32 Å². The van der Waals surface area contributed by atoms with E-state index < -0.39 is 12.1 Å². The molecule has 1 aliphatic carbocycles. The summed E-state index contributed by atoms with van der Waals surface area (Å²) in [5, 5.41) is 3.47. The molecule has 1 aliphatic rings. The van der Waals surface area contributed by atoms with Crippen LogP contribution in [0.1, 0.15) is 38.2 Å². The van der Waals surface area contributed by atoms with E-state index in [1.54, 1.807) is 0 Å². The summed E-state index contributed by atoms with van der Waals surface area (Å²) in [6.07, 6.45) is -1.37. The quantitative estimate of drug-likeness (QED) is 0.785. The van der Waals surface area contributed by atoms with Crippen molar-refractivity contribution in [3.63, 3.8) is 0 Å². The van der Waals surface area contributed by atoms with Crippen LogP contribution in [0.15, 0.2) is 28.7 Å². The lowest BCUT2D eigenvalue weighted by molar-refractivity contribution is -0.182. The molecule has 0 heterocycles. The van der Waals surface area contributed by atoms with Gasteiger partial charge in [-0.1, -0.05) is 28.1 Å². The first-order valence-electron chi connectivity index (χ1n) is 7.42. The van der Waals surface area contributed by atoms with Gasteiger partial charge >= 0.3 is 6.18 Å². The van der Waals surface area contributed by atoms with Gasteiger partial charge in [0.15, 0.2) is 0 Å². The predicted octanol–water partition coefficient (Wildman–Crippen LogP) is 5.09. The summed E-state index contributed by atoms with van der Waals surface area (Å²) >= 11 is 3.41. The maximum Gasteiger partial charge on any atom is 0.391 e. The Bertz CT molecular complexity index is 436. The van der Waals surface area contributed by atoms with Gasteiger partial charge in [-0.05, 0) is 56.7 Å². The molecule has 0 amide bonds. The van der Waals surface area contributed by atoms with Crippen LogP contribution in [0.3, 0.4) is 0 Å². The van der Waals surface area contributed by atoms with Gasteiger partial charge in [0.05, 0.1) is 5.92 Å². The smallest absolute Gasteiger partial charge is 0.311 e. The number of benzene rings is 1. The molecule has 0 spiro atoms. The zero-order valence-corrected chi connectivity index (χ0v) is 13.7. The lowest BCUT2D eigenvalue weighted by atomic mass is 9.85. The van der Waals surface area contributed by atoms with Crippen LogP contribution in [0, 0.1) is 5.92 Å². The second-order valence-electron chi connectivity index (χ2n) is 5.99. The molecule has 1 atom stereocenters. The number of alkyl halides is 3. The number of hydrogen-bond acceptors (Lipinski definition) is 1. The van der Waals surface area contributed by atoms with Crippen LogP contribution in [0.5, 0.6) is 0 Å². The molecule has 0 aliphatic heterocycles. The SMILES string of the molecule is CC(Cc1ccc(Br)cc1)NC1CCC(C(F)(F)F)CC1. The molecular formula is C16H21BrF3N. The largest absolute Gasteiger partial charge is 0.391 e. The van der Waals surface area contributed by atoms with E-state index in [1.807, 2.05) is 12.1 Å². The van der Waals surface area contributed by atoms with Gasteiger partial charge in [0.1, 0.15) is 0 Å². The first kappa shape index (κ1) is 16.8. The summed E-state index contributed by atoms with van der Waals surface area (Å²) < 4.78 is 38.9. The van der Waals surface area contributed by atoms with Crippen molar-refractivity contribution in [1.29, 1.82) is 0 Å². The Morgan fingerprint density at radius 3 is 2.24 bits per heavy atom. The van der Waals surface area contributed by atoms with Crippen molar-refractivity contribution in [2.75, 3.05) is 0 Å². The molecule has 5 heteroatoms. The van der Waals surface area contributed by atoms with E-state index in [2.05, 4.69) is 40.3 Å². The van der Waals surface area contributed by atoms with Crippen LogP contribution in [-0.4, -0.2) is 18.3 Å². The van der Waals surface area contributed by atoms with E-state index in [1.165, 1.54) is 5.56 Å². The van der Waals surface area contributed by atoms with Gasteiger partial charge in [0.2, 0.25) is 0 Å². The monoisotopic (exact) mass is 363 g/mol. The number of hydrogen-bond donors (Lipinski definition) is 1. The highest BCUT2D eigenvalue weighted by molar-refractivity contribution is 9.10. The Hall–Kier alpha value is -0.550. The Labute approximate surface area is 132 Å². The number of rotatable bonds is 4. The van der Waals surface area contributed by atoms with Crippen molar-refractivity contribution < 1.29 is 13.2 Å². The lowest BCUT2D eigenvalue weighted by Crippen LogP contribution is -2.41. The highest BCUT2D eigenvalue weighted by Crippen LogP contribution is 2.37. The zero-order valence-electron chi connectivity index (χ0n) is 12.1. The molecule has 1 aromatic rings. The van der Waals surface area contributed by atoms with Gasteiger partial charge in [-0.2, -0.15) is 13.2 Å². The van der Waals surface area contributed by atoms with Crippen molar-refractivity contribution in [3.8, 4) is 0 Å². The van der Waals surface area contributed by atoms with Crippen molar-refractivity contribution in [2.45, 2.75) is 57.3 Å². The molecule has 0 radical (unpaired) electrons. The average Bonchev–Trinajstić information content (AvgIpc) is 2.41. The highest BCUT2D eigenvalue weighted by atomic mass is 79.9. The van der Waals surface area contributed by atoms with Crippen LogP contribution in [0.4, 0.5) is 13.2 Å². The van der Waals surface area contributed by atoms with Crippen LogP contribution in [0.2, 0.25) is 0 Å². The minimum atomic E-state index is -4.02. The molecule has 1 unspecified atom stereocenters. The summed E-state index contributed by atoms with van der Waals surface area (Å²) in [5.74, 6) is -1.10. The topological polar surface area (TPSA) is 12.0 Å². The third kappa shape index (κ3) is 5.29. The molecule has 2 rings (SSSR count). The van der Waals surface area contributed by atoms with Crippen LogP contribution in [0.25, 0.3) is 0 Å². The van der Waals surface area contributed by atoms with E-state index in [-0.39, 0.29) is 24.9 Å². The first-order chi connectivity index (χ1) is 9.84. The molecule has 0 saturated heterocycles. The van der Waals surface area contributed by atoms with Crippen LogP contribution >= 0.6 is 15.9 Å². The van der Waals surface area contributed by atoms with E-state index >= 15 is 0 Å². The minimum Gasteiger partial charge on any atom is -0.311 e. The molecule has 1 saturated carbocycles. The van der Waals surface area contributed by atoms with E-state index in [4.69, 9.17) is 0 Å². The molecule has 0 bridgehead atoms. The fourth-order valence-electron chi connectivity index (χ4n) is 3.02. The molecule has 1 fully saturated rings. The molecule has 1 nitrogen and oxygen atoms in total. The third-order valence-electron chi connectivity index (χ3n) is 4.17. The number of nitrogens with one attached hydrogen (secondary N) is 1. The molecule has 1 aromatic carbocycles. The Kier molecular flexibility index (Phi) is 5.72. The average molecular weight is 364 g/mol. The summed E-state index contributed by atoms with van der Waals surface area (Å²) in [6.45, 7) is 2.10. The standard InChI is InChI=1S/C16H21BrF3N/c1-11(10-12-2-6-14(17)7-3-12)21-15-8-4-13(5-9-15)16(18,19)20/h2-3,6-7,11,13,15,21H,4-5,8-10H2,1H3. The van der Waals surface area contributed by atoms with Crippen molar-refractivity contribution in [1.82, 2.24) is 5.32 Å². The molecular weight excluding hydrogens is 343 g/mol. The summed E-state index contributed by atoms with van der Waals surface area (Å²) in [7, 11) is 0. The van der Waals surface area contributed by atoms with Gasteiger partial charge in [-0.3, -0.25) is 0 Å².